The van der Waals surface area contributed by atoms with Crippen LogP contribution in [0.3, 0.4) is 0 Å². The van der Waals surface area contributed by atoms with E-state index in [9.17, 15) is 9.18 Å². The molecule has 5 aromatic rings. The number of carbonyl (C=O) groups is 1. The third kappa shape index (κ3) is 3.56. The van der Waals surface area contributed by atoms with Crippen molar-refractivity contribution in [2.24, 2.45) is 0 Å². The lowest BCUT2D eigenvalue weighted by Gasteiger charge is -2.09. The van der Waals surface area contributed by atoms with Crippen molar-refractivity contribution in [3.63, 3.8) is 0 Å². The highest BCUT2D eigenvalue weighted by Crippen LogP contribution is 2.25. The van der Waals surface area contributed by atoms with Gasteiger partial charge in [0.15, 0.2) is 5.65 Å². The molecule has 5 rings (SSSR count). The molecule has 0 aliphatic heterocycles. The Kier molecular flexibility index (Phi) is 5.03. The summed E-state index contributed by atoms with van der Waals surface area (Å²) in [5.74, 6) is -0.678. The van der Waals surface area contributed by atoms with E-state index in [-0.39, 0.29) is 18.3 Å². The van der Waals surface area contributed by atoms with Crippen molar-refractivity contribution in [3.05, 3.63) is 89.6 Å². The number of hydrogen-bond donors (Lipinski definition) is 1. The van der Waals surface area contributed by atoms with Crippen molar-refractivity contribution < 1.29 is 9.18 Å². The van der Waals surface area contributed by atoms with Crippen LogP contribution in [-0.2, 0) is 6.54 Å². The van der Waals surface area contributed by atoms with Gasteiger partial charge in [0.1, 0.15) is 11.3 Å². The van der Waals surface area contributed by atoms with E-state index in [1.807, 2.05) is 47.9 Å². The van der Waals surface area contributed by atoms with Gasteiger partial charge in [0.2, 0.25) is 0 Å². The highest BCUT2D eigenvalue weighted by molar-refractivity contribution is 6.24. The fourth-order valence-electron chi connectivity index (χ4n) is 3.79. The van der Waals surface area contributed by atoms with Crippen molar-refractivity contribution in [1.29, 1.82) is 0 Å². The molecule has 0 fully saturated rings. The molecule has 0 radical (unpaired) electrons. The molecule has 32 heavy (non-hydrogen) atoms. The van der Waals surface area contributed by atoms with Gasteiger partial charge >= 0.3 is 0 Å². The predicted octanol–water partition coefficient (Wildman–Crippen LogP) is 5.03. The Hall–Kier alpha value is -3.84. The minimum Gasteiger partial charge on any atom is -0.311 e. The van der Waals surface area contributed by atoms with Gasteiger partial charge in [0.25, 0.3) is 5.91 Å². The van der Waals surface area contributed by atoms with Gasteiger partial charge in [0, 0.05) is 46.1 Å². The molecular formula is C24H17ClFN5O. The maximum Gasteiger partial charge on any atom is 0.265 e. The molecule has 3 heterocycles. The fraction of sp³-hybridized carbons (Fsp3) is 0.0833. The molecule has 1 amide bonds. The molecule has 1 N–H and O–H groups in total. The summed E-state index contributed by atoms with van der Waals surface area (Å²) in [5.41, 5.74) is 5.36. The van der Waals surface area contributed by atoms with E-state index < -0.39 is 0 Å². The minimum atomic E-state index is -0.357. The quantitative estimate of drug-likeness (QED) is 0.394. The highest BCUT2D eigenvalue weighted by atomic mass is 35.5. The molecule has 0 spiro atoms. The molecule has 0 atom stereocenters. The summed E-state index contributed by atoms with van der Waals surface area (Å²) in [5, 5.41) is 0.874. The molecule has 0 unspecified atom stereocenters. The number of nitrogens with zero attached hydrogens (tertiary/aromatic N) is 4. The summed E-state index contributed by atoms with van der Waals surface area (Å²) in [6.07, 6.45) is 3.31. The number of imidazole rings is 1. The van der Waals surface area contributed by atoms with Crippen molar-refractivity contribution >= 4 is 39.8 Å². The lowest BCUT2D eigenvalue weighted by atomic mass is 10.0. The summed E-state index contributed by atoms with van der Waals surface area (Å²) < 4.78 is 16.5. The van der Waals surface area contributed by atoms with Crippen LogP contribution in [0.15, 0.2) is 67.1 Å². The standard InChI is InChI=1S/C24H17ClFN5O/c1-14-9-16(4-5-18(14)24(32)30-25)20-6-7-21-23(29-20)31(13-28-21)12-17-10-15-3-2-8-27-22(15)11-19(17)26/h2-11,13H,12H2,1H3,(H,30,32). The van der Waals surface area contributed by atoms with Gasteiger partial charge in [-0.25, -0.2) is 14.4 Å². The van der Waals surface area contributed by atoms with Crippen LogP contribution in [0.25, 0.3) is 33.3 Å². The summed E-state index contributed by atoms with van der Waals surface area (Å²) >= 11 is 5.44. The Balaban J connectivity index is 1.53. The van der Waals surface area contributed by atoms with Crippen LogP contribution in [0.1, 0.15) is 21.5 Å². The number of benzene rings is 2. The molecule has 8 heteroatoms. The summed E-state index contributed by atoms with van der Waals surface area (Å²) in [6, 6.07) is 16.2. The number of pyridine rings is 2. The number of rotatable bonds is 4. The molecule has 0 saturated carbocycles. The van der Waals surface area contributed by atoms with E-state index in [0.29, 0.717) is 27.8 Å². The number of halogens is 2. The first-order valence-electron chi connectivity index (χ1n) is 9.90. The molecule has 158 valence electrons. The van der Waals surface area contributed by atoms with Crippen LogP contribution < -0.4 is 4.84 Å². The lowest BCUT2D eigenvalue weighted by molar-refractivity contribution is 0.0981. The maximum absolute atomic E-state index is 14.7. The first kappa shape index (κ1) is 20.1. The van der Waals surface area contributed by atoms with E-state index in [2.05, 4.69) is 14.8 Å². The van der Waals surface area contributed by atoms with E-state index in [1.54, 1.807) is 24.7 Å². The number of carbonyl (C=O) groups excluding carboxylic acids is 1. The Labute approximate surface area is 187 Å². The Bertz CT molecular complexity index is 1500. The van der Waals surface area contributed by atoms with Crippen molar-refractivity contribution in [3.8, 4) is 11.3 Å². The topological polar surface area (TPSA) is 72.7 Å². The summed E-state index contributed by atoms with van der Waals surface area (Å²) in [4.78, 5) is 27.3. The Morgan fingerprint density at radius 1 is 1.09 bits per heavy atom. The highest BCUT2D eigenvalue weighted by Gasteiger charge is 2.13. The average molecular weight is 446 g/mol. The zero-order valence-corrected chi connectivity index (χ0v) is 17.8. The van der Waals surface area contributed by atoms with E-state index in [4.69, 9.17) is 16.8 Å². The number of fused-ring (bicyclic) bond motifs is 2. The number of amides is 1. The number of aromatic nitrogens is 4. The minimum absolute atomic E-state index is 0.289. The maximum atomic E-state index is 14.7. The van der Waals surface area contributed by atoms with Crippen LogP contribution in [-0.4, -0.2) is 25.4 Å². The second-order valence-electron chi connectivity index (χ2n) is 7.50. The van der Waals surface area contributed by atoms with Crippen LogP contribution in [0.4, 0.5) is 4.39 Å². The van der Waals surface area contributed by atoms with Gasteiger partial charge in [-0.2, -0.15) is 0 Å². The fourth-order valence-corrected chi connectivity index (χ4v) is 3.89. The smallest absolute Gasteiger partial charge is 0.265 e. The van der Waals surface area contributed by atoms with E-state index in [0.717, 1.165) is 22.2 Å². The average Bonchev–Trinajstić information content (AvgIpc) is 3.21. The lowest BCUT2D eigenvalue weighted by Crippen LogP contribution is -2.13. The van der Waals surface area contributed by atoms with Crippen molar-refractivity contribution in [2.45, 2.75) is 13.5 Å². The molecular weight excluding hydrogens is 429 g/mol. The predicted molar refractivity (Wildman–Crippen MR) is 122 cm³/mol. The van der Waals surface area contributed by atoms with Crippen molar-refractivity contribution in [1.82, 2.24) is 24.4 Å². The molecule has 6 nitrogen and oxygen atoms in total. The van der Waals surface area contributed by atoms with Crippen LogP contribution in [0, 0.1) is 12.7 Å². The monoisotopic (exact) mass is 445 g/mol. The largest absolute Gasteiger partial charge is 0.311 e. The van der Waals surface area contributed by atoms with Gasteiger partial charge in [-0.05, 0) is 48.9 Å². The molecule has 0 aliphatic carbocycles. The van der Waals surface area contributed by atoms with Gasteiger partial charge in [-0.1, -0.05) is 12.1 Å². The molecule has 0 saturated heterocycles. The molecule has 2 aromatic carbocycles. The first-order chi connectivity index (χ1) is 15.5. The van der Waals surface area contributed by atoms with Gasteiger partial charge in [-0.15, -0.1) is 0 Å². The zero-order valence-electron chi connectivity index (χ0n) is 17.0. The third-order valence-corrected chi connectivity index (χ3v) is 5.60. The summed E-state index contributed by atoms with van der Waals surface area (Å²) in [7, 11) is 0. The van der Waals surface area contributed by atoms with Crippen LogP contribution in [0.5, 0.6) is 0 Å². The van der Waals surface area contributed by atoms with E-state index >= 15 is 0 Å². The molecule has 0 bridgehead atoms. The van der Waals surface area contributed by atoms with Gasteiger partial charge in [0.05, 0.1) is 24.1 Å². The molecule has 0 aliphatic rings. The van der Waals surface area contributed by atoms with E-state index in [1.165, 1.54) is 6.07 Å². The van der Waals surface area contributed by atoms with Crippen molar-refractivity contribution in [2.75, 3.05) is 0 Å². The zero-order chi connectivity index (χ0) is 22.2. The van der Waals surface area contributed by atoms with Crippen LogP contribution in [0.2, 0.25) is 0 Å². The third-order valence-electron chi connectivity index (χ3n) is 5.43. The number of nitrogens with one attached hydrogen (secondary N) is 1. The second kappa shape index (κ2) is 8.01. The SMILES string of the molecule is Cc1cc(-c2ccc3ncn(Cc4cc5cccnc5cc4F)c3n2)ccc1C(=O)NCl. The second-order valence-corrected chi connectivity index (χ2v) is 7.69. The van der Waals surface area contributed by atoms with Gasteiger partial charge < -0.3 is 4.57 Å². The Morgan fingerprint density at radius 2 is 1.97 bits per heavy atom. The molecule has 3 aromatic heterocycles. The first-order valence-corrected chi connectivity index (χ1v) is 10.3. The van der Waals surface area contributed by atoms with Gasteiger partial charge in [-0.3, -0.25) is 14.6 Å². The summed E-state index contributed by atoms with van der Waals surface area (Å²) in [6.45, 7) is 2.13. The normalized spacial score (nSPS) is 11.2. The Morgan fingerprint density at radius 3 is 2.78 bits per heavy atom. The number of aryl methyl sites for hydroxylation is 1. The van der Waals surface area contributed by atoms with Crippen LogP contribution >= 0.6 is 11.8 Å². The number of hydrogen-bond acceptors (Lipinski definition) is 4.